The van der Waals surface area contributed by atoms with Crippen molar-refractivity contribution in [1.29, 1.82) is 0 Å². The molecule has 0 radical (unpaired) electrons. The molecule has 4 heterocycles. The minimum atomic E-state index is -1.47. The van der Waals surface area contributed by atoms with Gasteiger partial charge in [-0.1, -0.05) is 39.2 Å². The highest BCUT2D eigenvalue weighted by molar-refractivity contribution is 7.83. The Bertz CT molecular complexity index is 2050. The van der Waals surface area contributed by atoms with Crippen LogP contribution >= 0.6 is 0 Å². The average Bonchev–Trinajstić information content (AvgIpc) is 3.62. The number of aryl methyl sites for hydroxylation is 1. The second-order valence-corrected chi connectivity index (χ2v) is 16.6. The summed E-state index contributed by atoms with van der Waals surface area (Å²) in [5, 5.41) is 5.80. The molecule has 2 aliphatic heterocycles. The van der Waals surface area contributed by atoms with Gasteiger partial charge in [-0.25, -0.2) is 4.21 Å². The highest BCUT2D eigenvalue weighted by Gasteiger charge is 2.33. The maximum Gasteiger partial charge on any atom is 0.263 e. The Labute approximate surface area is 309 Å². The fourth-order valence-corrected chi connectivity index (χ4v) is 9.55. The van der Waals surface area contributed by atoms with Crippen molar-refractivity contribution in [3.8, 4) is 17.0 Å². The van der Waals surface area contributed by atoms with E-state index >= 15 is 0 Å². The van der Waals surface area contributed by atoms with Gasteiger partial charge < -0.3 is 19.1 Å². The lowest BCUT2D eigenvalue weighted by atomic mass is 9.81. The summed E-state index contributed by atoms with van der Waals surface area (Å²) in [6.07, 6.45) is 11.8. The van der Waals surface area contributed by atoms with Crippen molar-refractivity contribution < 1.29 is 18.5 Å². The van der Waals surface area contributed by atoms with Gasteiger partial charge in [0.05, 0.1) is 36.8 Å². The molecule has 52 heavy (non-hydrogen) atoms. The molecule has 2 amide bonds. The van der Waals surface area contributed by atoms with Crippen molar-refractivity contribution in [2.45, 2.75) is 77.3 Å². The molecule has 2 unspecified atom stereocenters. The van der Waals surface area contributed by atoms with Crippen molar-refractivity contribution in [2.75, 3.05) is 40.0 Å². The van der Waals surface area contributed by atoms with Gasteiger partial charge in [0.25, 0.3) is 11.8 Å². The predicted octanol–water partition coefficient (Wildman–Crippen LogP) is 6.87. The number of nitrogens with zero attached hydrogens (tertiary/aromatic N) is 5. The van der Waals surface area contributed by atoms with E-state index in [9.17, 15) is 13.8 Å². The molecule has 3 aliphatic rings. The molecule has 11 heteroatoms. The molecule has 2 atom stereocenters. The Morgan fingerprint density at radius 3 is 2.56 bits per heavy atom. The number of likely N-dealkylation sites (N-methyl/N-ethyl adjacent to an activating group) is 1. The maximum absolute atomic E-state index is 14.4. The Hall–Kier alpha value is -4.22. The van der Waals surface area contributed by atoms with Gasteiger partial charge in [0.1, 0.15) is 16.7 Å². The number of aromatic nitrogens is 3. The van der Waals surface area contributed by atoms with Crippen molar-refractivity contribution in [2.24, 2.45) is 13.0 Å². The first-order valence-corrected chi connectivity index (χ1v) is 20.1. The topological polar surface area (TPSA) is 102 Å². The van der Waals surface area contributed by atoms with Crippen LogP contribution in [-0.2, 0) is 24.6 Å². The third-order valence-electron chi connectivity index (χ3n) is 11.1. The van der Waals surface area contributed by atoms with Crippen molar-refractivity contribution in [3.05, 3.63) is 70.5 Å². The van der Waals surface area contributed by atoms with Crippen LogP contribution < -0.4 is 9.46 Å². The van der Waals surface area contributed by atoms with Crippen LogP contribution in [0.25, 0.3) is 33.8 Å². The van der Waals surface area contributed by atoms with E-state index in [1.165, 1.54) is 24.8 Å². The highest BCUT2D eigenvalue weighted by atomic mass is 32.2. The van der Waals surface area contributed by atoms with Crippen LogP contribution in [0.1, 0.15) is 102 Å². The number of hydrogen-bond acceptors (Lipinski definition) is 6. The zero-order valence-corrected chi connectivity index (χ0v) is 32.2. The molecule has 2 fully saturated rings. The second-order valence-electron chi connectivity index (χ2n) is 15.4. The summed E-state index contributed by atoms with van der Waals surface area (Å²) in [6.45, 7) is 5.86. The monoisotopic (exact) mass is 724 g/mol. The van der Waals surface area contributed by atoms with Crippen LogP contribution in [0.3, 0.4) is 0 Å². The third-order valence-corrected chi connectivity index (χ3v) is 12.5. The molecule has 7 rings (SSSR count). The van der Waals surface area contributed by atoms with Gasteiger partial charge in [0.2, 0.25) is 0 Å². The van der Waals surface area contributed by atoms with E-state index in [1.807, 2.05) is 48.7 Å². The van der Waals surface area contributed by atoms with Crippen LogP contribution in [0.5, 0.6) is 5.75 Å². The molecule has 2 aromatic carbocycles. The number of methoxy groups -OCH3 is 1. The van der Waals surface area contributed by atoms with Gasteiger partial charge in [-0.2, -0.15) is 5.10 Å². The van der Waals surface area contributed by atoms with E-state index in [0.29, 0.717) is 41.9 Å². The van der Waals surface area contributed by atoms with E-state index in [4.69, 9.17) is 4.74 Å². The zero-order chi connectivity index (χ0) is 36.7. The van der Waals surface area contributed by atoms with Crippen molar-refractivity contribution in [1.82, 2.24) is 28.9 Å². The second kappa shape index (κ2) is 15.0. The molecule has 1 aliphatic carbocycles. The van der Waals surface area contributed by atoms with Crippen LogP contribution in [0, 0.1) is 5.92 Å². The summed E-state index contributed by atoms with van der Waals surface area (Å²) in [7, 11) is 6.28. The third kappa shape index (κ3) is 6.97. The van der Waals surface area contributed by atoms with E-state index in [2.05, 4.69) is 57.7 Å². The number of benzene rings is 2. The molecule has 0 bridgehead atoms. The van der Waals surface area contributed by atoms with Crippen molar-refractivity contribution in [3.63, 3.8) is 0 Å². The minimum absolute atomic E-state index is 0.000463. The van der Waals surface area contributed by atoms with Gasteiger partial charge in [-0.15, -0.1) is 0 Å². The maximum atomic E-state index is 14.4. The van der Waals surface area contributed by atoms with Crippen LogP contribution in [0.4, 0.5) is 0 Å². The van der Waals surface area contributed by atoms with Gasteiger partial charge >= 0.3 is 0 Å². The van der Waals surface area contributed by atoms with Crippen LogP contribution in [0.15, 0.2) is 42.6 Å². The number of piperidine rings is 1. The Kier molecular flexibility index (Phi) is 10.4. The zero-order valence-electron chi connectivity index (χ0n) is 31.4. The number of hydrogen-bond donors (Lipinski definition) is 1. The number of carbonyl (C=O) groups excluding carboxylic acids is 2. The summed E-state index contributed by atoms with van der Waals surface area (Å²) < 4.78 is 25.4. The van der Waals surface area contributed by atoms with Gasteiger partial charge in [0.15, 0.2) is 0 Å². The first-order chi connectivity index (χ1) is 25.0. The molecule has 1 saturated carbocycles. The van der Waals surface area contributed by atoms with Gasteiger partial charge in [0, 0.05) is 54.0 Å². The van der Waals surface area contributed by atoms with E-state index in [-0.39, 0.29) is 17.7 Å². The van der Waals surface area contributed by atoms with E-state index < -0.39 is 11.0 Å². The molecule has 276 valence electrons. The fourth-order valence-electron chi connectivity index (χ4n) is 8.54. The van der Waals surface area contributed by atoms with E-state index in [0.717, 1.165) is 77.0 Å². The Morgan fingerprint density at radius 1 is 1.04 bits per heavy atom. The molecule has 1 saturated heterocycles. The van der Waals surface area contributed by atoms with Crippen LogP contribution in [-0.4, -0.2) is 86.3 Å². The number of nitrogens with one attached hydrogen (secondary N) is 1. The van der Waals surface area contributed by atoms with Gasteiger partial charge in [-0.3, -0.25) is 19.0 Å². The summed E-state index contributed by atoms with van der Waals surface area (Å²) in [5.74, 6) is 1.38. The lowest BCUT2D eigenvalue weighted by Gasteiger charge is -2.36. The first kappa shape index (κ1) is 36.2. The van der Waals surface area contributed by atoms with Gasteiger partial charge in [-0.05, 0) is 105 Å². The minimum Gasteiger partial charge on any atom is -0.497 e. The number of amides is 2. The number of allylic oxidation sites excluding steroid dienone is 1. The average molecular weight is 725 g/mol. The molecular weight excluding hydrogens is 673 g/mol. The predicted molar refractivity (Wildman–Crippen MR) is 209 cm³/mol. The SMILES string of the molecule is COc1ccc2c(c1)C=C(c1c(C(=O)N3CCCC(N(C)C)C3)cnn1C)Cn1c-2c(C2CCCCC2)c2ccc(C(=O)NS(=O)CC(C)C)cc21. The molecule has 2 aromatic heterocycles. The Balaban J connectivity index is 1.40. The molecular formula is C41H52N6O4S. The molecule has 10 nitrogen and oxygen atoms in total. The summed E-state index contributed by atoms with van der Waals surface area (Å²) >= 11 is 0. The highest BCUT2D eigenvalue weighted by Crippen LogP contribution is 2.48. The fraction of sp³-hybridized carbons (Fsp3) is 0.488. The molecule has 4 aromatic rings. The smallest absolute Gasteiger partial charge is 0.263 e. The summed E-state index contributed by atoms with van der Waals surface area (Å²) in [6, 6.07) is 12.5. The van der Waals surface area contributed by atoms with Crippen molar-refractivity contribution >= 4 is 45.4 Å². The number of carbonyl (C=O) groups is 2. The van der Waals surface area contributed by atoms with E-state index in [1.54, 1.807) is 13.3 Å². The Morgan fingerprint density at radius 2 is 1.83 bits per heavy atom. The van der Waals surface area contributed by atoms with Crippen LogP contribution in [0.2, 0.25) is 0 Å². The first-order valence-electron chi connectivity index (χ1n) is 18.8. The number of fused-ring (bicyclic) bond motifs is 5. The summed E-state index contributed by atoms with van der Waals surface area (Å²) in [4.78, 5) is 32.1. The number of rotatable bonds is 9. The number of likely N-dealkylation sites (tertiary alicyclic amines) is 1. The summed E-state index contributed by atoms with van der Waals surface area (Å²) in [5.41, 5.74) is 8.33. The molecule has 0 spiro atoms. The standard InChI is InChI=1S/C41H52N6O4S/c1-26(2)25-52(50)43-40(48)28-14-16-34-36(21-28)47-23-30(38-35(22-42-45(38)5)41(49)46-18-10-13-31(24-46)44(3)4)19-29-20-32(51-6)15-17-33(29)39(47)37(34)27-11-8-7-9-12-27/h14-17,19-22,26-27,31H,7-13,18,23-25H2,1-6H3,(H,43,48). The lowest BCUT2D eigenvalue weighted by Crippen LogP contribution is -2.47. The number of ether oxygens (including phenoxy) is 1. The quantitative estimate of drug-likeness (QED) is 0.202. The lowest BCUT2D eigenvalue weighted by molar-refractivity contribution is 0.0634. The largest absolute Gasteiger partial charge is 0.497 e. The molecule has 1 N–H and O–H groups in total. The normalized spacial score (nSPS) is 18.6.